The SMILES string of the molecule is Cc1csc(C(=O)O)c1NC(=O)c1ccc(F)cc1I. The molecule has 2 aromatic rings. The number of hydrogen-bond acceptors (Lipinski definition) is 3. The summed E-state index contributed by atoms with van der Waals surface area (Å²) in [7, 11) is 0. The molecule has 1 heterocycles. The van der Waals surface area contributed by atoms with Crippen LogP contribution in [0.5, 0.6) is 0 Å². The maximum Gasteiger partial charge on any atom is 0.348 e. The molecule has 4 nitrogen and oxygen atoms in total. The Morgan fingerprint density at radius 2 is 2.10 bits per heavy atom. The van der Waals surface area contributed by atoms with Crippen LogP contribution in [0.2, 0.25) is 0 Å². The van der Waals surface area contributed by atoms with Gasteiger partial charge in [-0.25, -0.2) is 9.18 Å². The van der Waals surface area contributed by atoms with Crippen molar-refractivity contribution in [2.24, 2.45) is 0 Å². The molecular formula is C13H9FINO3S. The molecule has 0 saturated carbocycles. The van der Waals surface area contributed by atoms with E-state index in [2.05, 4.69) is 5.32 Å². The van der Waals surface area contributed by atoms with E-state index in [4.69, 9.17) is 5.11 Å². The third-order valence-corrected chi connectivity index (χ3v) is 4.56. The molecule has 0 atom stereocenters. The summed E-state index contributed by atoms with van der Waals surface area (Å²) < 4.78 is 13.5. The second kappa shape index (κ2) is 5.88. The van der Waals surface area contributed by atoms with Crippen LogP contribution in [0.25, 0.3) is 0 Å². The summed E-state index contributed by atoms with van der Waals surface area (Å²) in [6.07, 6.45) is 0. The molecule has 1 amide bonds. The quantitative estimate of drug-likeness (QED) is 0.765. The first kappa shape index (κ1) is 14.9. The van der Waals surface area contributed by atoms with Crippen molar-refractivity contribution in [3.8, 4) is 0 Å². The van der Waals surface area contributed by atoms with Crippen molar-refractivity contribution in [2.45, 2.75) is 6.92 Å². The molecule has 0 unspecified atom stereocenters. The number of carbonyl (C=O) groups is 2. The molecule has 0 radical (unpaired) electrons. The van der Waals surface area contributed by atoms with Crippen molar-refractivity contribution in [2.75, 3.05) is 5.32 Å². The molecule has 104 valence electrons. The van der Waals surface area contributed by atoms with E-state index in [1.165, 1.54) is 18.2 Å². The summed E-state index contributed by atoms with van der Waals surface area (Å²) in [5, 5.41) is 13.3. The van der Waals surface area contributed by atoms with Crippen LogP contribution in [-0.4, -0.2) is 17.0 Å². The standard InChI is InChI=1S/C13H9FINO3S/c1-6-5-20-11(13(18)19)10(6)16-12(17)8-3-2-7(14)4-9(8)15/h2-5H,1H3,(H,16,17)(H,18,19). The van der Waals surface area contributed by atoms with Crippen molar-refractivity contribution in [3.63, 3.8) is 0 Å². The number of hydrogen-bond donors (Lipinski definition) is 2. The molecule has 0 aliphatic rings. The molecule has 0 saturated heterocycles. The highest BCUT2D eigenvalue weighted by atomic mass is 127. The number of rotatable bonds is 3. The van der Waals surface area contributed by atoms with E-state index in [0.29, 0.717) is 14.7 Å². The fraction of sp³-hybridized carbons (Fsp3) is 0.0769. The van der Waals surface area contributed by atoms with Crippen LogP contribution in [0, 0.1) is 16.3 Å². The third kappa shape index (κ3) is 2.98. The Morgan fingerprint density at radius 1 is 1.40 bits per heavy atom. The van der Waals surface area contributed by atoms with Gasteiger partial charge in [0, 0.05) is 3.57 Å². The Hall–Kier alpha value is -1.48. The van der Waals surface area contributed by atoms with Gasteiger partial charge in [0.15, 0.2) is 0 Å². The molecule has 0 aliphatic carbocycles. The number of aromatic carboxylic acids is 1. The van der Waals surface area contributed by atoms with Crippen molar-refractivity contribution >= 4 is 51.5 Å². The molecule has 7 heteroatoms. The average Bonchev–Trinajstić information content (AvgIpc) is 2.71. The highest BCUT2D eigenvalue weighted by Crippen LogP contribution is 2.28. The molecule has 0 bridgehead atoms. The van der Waals surface area contributed by atoms with Gasteiger partial charge >= 0.3 is 5.97 Å². The zero-order valence-electron chi connectivity index (χ0n) is 10.2. The fourth-order valence-electron chi connectivity index (χ4n) is 1.61. The Morgan fingerprint density at radius 3 is 2.70 bits per heavy atom. The first-order valence-corrected chi connectivity index (χ1v) is 7.43. The number of anilines is 1. The maximum absolute atomic E-state index is 13.0. The first-order valence-electron chi connectivity index (χ1n) is 5.48. The smallest absolute Gasteiger partial charge is 0.348 e. The Kier molecular flexibility index (Phi) is 4.39. The van der Waals surface area contributed by atoms with Crippen LogP contribution in [0.4, 0.5) is 10.1 Å². The van der Waals surface area contributed by atoms with Gasteiger partial charge in [-0.15, -0.1) is 11.3 Å². The zero-order valence-corrected chi connectivity index (χ0v) is 13.2. The van der Waals surface area contributed by atoms with Crippen LogP contribution < -0.4 is 5.32 Å². The lowest BCUT2D eigenvalue weighted by Gasteiger charge is -2.08. The van der Waals surface area contributed by atoms with E-state index >= 15 is 0 Å². The summed E-state index contributed by atoms with van der Waals surface area (Å²) in [5.74, 6) is -1.98. The summed E-state index contributed by atoms with van der Waals surface area (Å²) in [6.45, 7) is 1.72. The number of carboxylic acids is 1. The lowest BCUT2D eigenvalue weighted by molar-refractivity contribution is 0.0703. The molecule has 20 heavy (non-hydrogen) atoms. The lowest BCUT2D eigenvalue weighted by Crippen LogP contribution is -2.15. The van der Waals surface area contributed by atoms with Crippen molar-refractivity contribution in [3.05, 3.63) is 49.0 Å². The van der Waals surface area contributed by atoms with Crippen LogP contribution in [0.1, 0.15) is 25.6 Å². The number of carbonyl (C=O) groups excluding carboxylic acids is 1. The fourth-order valence-corrected chi connectivity index (χ4v) is 3.18. The Bertz CT molecular complexity index is 699. The second-order valence-electron chi connectivity index (χ2n) is 4.01. The second-order valence-corrected chi connectivity index (χ2v) is 6.05. The third-order valence-electron chi connectivity index (χ3n) is 2.58. The van der Waals surface area contributed by atoms with Gasteiger partial charge in [0.25, 0.3) is 5.91 Å². The van der Waals surface area contributed by atoms with Crippen LogP contribution >= 0.6 is 33.9 Å². The number of nitrogens with one attached hydrogen (secondary N) is 1. The minimum Gasteiger partial charge on any atom is -0.477 e. The van der Waals surface area contributed by atoms with E-state index < -0.39 is 17.7 Å². The van der Waals surface area contributed by atoms with Gasteiger partial charge in [0.1, 0.15) is 10.7 Å². The summed E-state index contributed by atoms with van der Waals surface area (Å²) in [6, 6.07) is 3.80. The molecule has 2 N–H and O–H groups in total. The normalized spacial score (nSPS) is 10.3. The number of benzene rings is 1. The highest BCUT2D eigenvalue weighted by molar-refractivity contribution is 14.1. The van der Waals surface area contributed by atoms with Gasteiger partial charge in [-0.2, -0.15) is 0 Å². The average molecular weight is 405 g/mol. The number of thiophene rings is 1. The number of amides is 1. The largest absolute Gasteiger partial charge is 0.477 e. The molecule has 2 rings (SSSR count). The predicted molar refractivity (Wildman–Crippen MR) is 83.1 cm³/mol. The Balaban J connectivity index is 2.33. The van der Waals surface area contributed by atoms with Crippen molar-refractivity contribution < 1.29 is 19.1 Å². The lowest BCUT2D eigenvalue weighted by atomic mass is 10.2. The van der Waals surface area contributed by atoms with Crippen molar-refractivity contribution in [1.82, 2.24) is 0 Å². The molecule has 0 fully saturated rings. The summed E-state index contributed by atoms with van der Waals surface area (Å²) >= 11 is 2.91. The highest BCUT2D eigenvalue weighted by Gasteiger charge is 2.19. The number of halogens is 2. The molecular weight excluding hydrogens is 396 g/mol. The van der Waals surface area contributed by atoms with E-state index in [0.717, 1.165) is 11.3 Å². The van der Waals surface area contributed by atoms with Gasteiger partial charge in [-0.1, -0.05) is 0 Å². The zero-order chi connectivity index (χ0) is 14.9. The molecule has 0 spiro atoms. The topological polar surface area (TPSA) is 66.4 Å². The first-order chi connectivity index (χ1) is 9.40. The Labute approximate surface area is 131 Å². The maximum atomic E-state index is 13.0. The monoisotopic (exact) mass is 405 g/mol. The van der Waals surface area contributed by atoms with E-state index in [1.807, 2.05) is 22.6 Å². The number of aryl methyl sites for hydroxylation is 1. The van der Waals surface area contributed by atoms with E-state index in [-0.39, 0.29) is 10.6 Å². The van der Waals surface area contributed by atoms with Gasteiger partial charge in [0.2, 0.25) is 0 Å². The van der Waals surface area contributed by atoms with E-state index in [9.17, 15) is 14.0 Å². The van der Waals surface area contributed by atoms with Crippen LogP contribution in [-0.2, 0) is 0 Å². The predicted octanol–water partition coefficient (Wildman–Crippen LogP) is 3.75. The van der Waals surface area contributed by atoms with Crippen LogP contribution in [0.15, 0.2) is 23.6 Å². The van der Waals surface area contributed by atoms with Gasteiger partial charge in [-0.3, -0.25) is 4.79 Å². The molecule has 0 aliphatic heterocycles. The van der Waals surface area contributed by atoms with Gasteiger partial charge in [-0.05, 0) is 58.7 Å². The molecule has 1 aromatic carbocycles. The van der Waals surface area contributed by atoms with Gasteiger partial charge in [0.05, 0.1) is 11.3 Å². The number of carboxylic acid groups (broad SMARTS) is 1. The van der Waals surface area contributed by atoms with Crippen LogP contribution in [0.3, 0.4) is 0 Å². The minimum atomic E-state index is -1.09. The van der Waals surface area contributed by atoms with Gasteiger partial charge < -0.3 is 10.4 Å². The van der Waals surface area contributed by atoms with Crippen molar-refractivity contribution in [1.29, 1.82) is 0 Å². The summed E-state index contributed by atoms with van der Waals surface area (Å²) in [4.78, 5) is 23.3. The summed E-state index contributed by atoms with van der Waals surface area (Å²) in [5.41, 5.74) is 1.26. The molecule has 1 aromatic heterocycles. The minimum absolute atomic E-state index is 0.0768. The van der Waals surface area contributed by atoms with E-state index in [1.54, 1.807) is 12.3 Å².